The summed E-state index contributed by atoms with van der Waals surface area (Å²) < 4.78 is 2.00. The summed E-state index contributed by atoms with van der Waals surface area (Å²) >= 11 is 0. The summed E-state index contributed by atoms with van der Waals surface area (Å²) in [7, 11) is 0. The molecule has 0 atom stereocenters. The smallest absolute Gasteiger partial charge is 0.220 e. The van der Waals surface area contributed by atoms with Crippen molar-refractivity contribution in [1.82, 2.24) is 25.1 Å². The molecule has 0 spiro atoms. The minimum Gasteiger partial charge on any atom is -0.352 e. The zero-order chi connectivity index (χ0) is 20.5. The van der Waals surface area contributed by atoms with E-state index in [-0.39, 0.29) is 11.4 Å². The lowest BCUT2D eigenvalue weighted by Crippen LogP contribution is -2.24. The quantitative estimate of drug-likeness (QED) is 0.733. The maximum atomic E-state index is 12.3. The Hall–Kier alpha value is -2.76. The Morgan fingerprint density at radius 1 is 1.18 bits per heavy atom. The van der Waals surface area contributed by atoms with Crippen molar-refractivity contribution < 1.29 is 4.79 Å². The summed E-state index contributed by atoms with van der Waals surface area (Å²) in [6, 6.07) is 3.82. The number of pyridine rings is 2. The summed E-state index contributed by atoms with van der Waals surface area (Å²) in [6.07, 6.45) is 4.59. The number of carbonyl (C=O) groups excluding carboxylic acids is 1. The molecule has 0 unspecified atom stereocenters. The molecule has 3 rings (SSSR count). The van der Waals surface area contributed by atoms with E-state index in [0.29, 0.717) is 19.4 Å². The molecular weight excluding hydrogens is 350 g/mol. The van der Waals surface area contributed by atoms with Gasteiger partial charge in [0.05, 0.1) is 11.2 Å². The second kappa shape index (κ2) is 7.70. The minimum absolute atomic E-state index is 0.0323. The summed E-state index contributed by atoms with van der Waals surface area (Å²) in [5.41, 5.74) is 6.05. The molecule has 0 saturated carbocycles. The van der Waals surface area contributed by atoms with Gasteiger partial charge in [-0.05, 0) is 70.7 Å². The monoisotopic (exact) mass is 379 g/mol. The molecule has 148 valence electrons. The molecule has 0 bridgehead atoms. The van der Waals surface area contributed by atoms with Crippen molar-refractivity contribution in [3.05, 3.63) is 52.6 Å². The van der Waals surface area contributed by atoms with Crippen molar-refractivity contribution >= 4 is 16.9 Å². The predicted octanol–water partition coefficient (Wildman–Crippen LogP) is 3.76. The van der Waals surface area contributed by atoms with Crippen LogP contribution in [0, 0.1) is 20.8 Å². The first kappa shape index (κ1) is 20.0. The van der Waals surface area contributed by atoms with Crippen LogP contribution in [0.3, 0.4) is 0 Å². The number of rotatable bonds is 5. The number of hydrogen-bond donors (Lipinski definition) is 1. The lowest BCUT2D eigenvalue weighted by atomic mass is 9.99. The number of carbonyl (C=O) groups is 1. The SMILES string of the molecule is Cc1nc2c(c(C)nn2C(C)(C)C)c(C)c1CCC(=O)NCc1cccnc1. The highest BCUT2D eigenvalue weighted by atomic mass is 16.1. The predicted molar refractivity (Wildman–Crippen MR) is 111 cm³/mol. The van der Waals surface area contributed by atoms with Crippen LogP contribution in [-0.2, 0) is 23.3 Å². The van der Waals surface area contributed by atoms with Crippen molar-refractivity contribution in [2.24, 2.45) is 0 Å². The van der Waals surface area contributed by atoms with Gasteiger partial charge in [-0.25, -0.2) is 9.67 Å². The first-order chi connectivity index (χ1) is 13.2. The maximum Gasteiger partial charge on any atom is 0.220 e. The average Bonchev–Trinajstić information content (AvgIpc) is 2.97. The van der Waals surface area contributed by atoms with E-state index in [0.717, 1.165) is 33.5 Å². The van der Waals surface area contributed by atoms with Crippen molar-refractivity contribution in [1.29, 1.82) is 0 Å². The van der Waals surface area contributed by atoms with Gasteiger partial charge in [-0.3, -0.25) is 9.78 Å². The van der Waals surface area contributed by atoms with Crippen LogP contribution in [0.5, 0.6) is 0 Å². The summed E-state index contributed by atoms with van der Waals surface area (Å²) in [5.74, 6) is 0.0323. The fraction of sp³-hybridized carbons (Fsp3) is 0.455. The third-order valence-electron chi connectivity index (χ3n) is 5.02. The molecule has 0 aliphatic rings. The topological polar surface area (TPSA) is 72.7 Å². The van der Waals surface area contributed by atoms with Crippen LogP contribution >= 0.6 is 0 Å². The van der Waals surface area contributed by atoms with Crippen LogP contribution in [0.15, 0.2) is 24.5 Å². The maximum absolute atomic E-state index is 12.3. The van der Waals surface area contributed by atoms with Gasteiger partial charge in [-0.1, -0.05) is 6.07 Å². The van der Waals surface area contributed by atoms with E-state index in [4.69, 9.17) is 10.1 Å². The molecule has 28 heavy (non-hydrogen) atoms. The molecule has 0 radical (unpaired) electrons. The third-order valence-corrected chi connectivity index (χ3v) is 5.02. The number of amides is 1. The number of aromatic nitrogens is 4. The van der Waals surface area contributed by atoms with Crippen molar-refractivity contribution in [2.75, 3.05) is 0 Å². The molecule has 0 aliphatic heterocycles. The number of aryl methyl sites for hydroxylation is 3. The number of hydrogen-bond acceptors (Lipinski definition) is 4. The zero-order valence-electron chi connectivity index (χ0n) is 17.6. The normalized spacial score (nSPS) is 11.8. The summed E-state index contributed by atoms with van der Waals surface area (Å²) in [6.45, 7) is 13.0. The Bertz CT molecular complexity index is 999. The first-order valence-electron chi connectivity index (χ1n) is 9.70. The van der Waals surface area contributed by atoms with Crippen LogP contribution in [-0.4, -0.2) is 25.7 Å². The molecule has 6 heteroatoms. The fourth-order valence-electron chi connectivity index (χ4n) is 3.57. The fourth-order valence-corrected chi connectivity index (χ4v) is 3.57. The summed E-state index contributed by atoms with van der Waals surface area (Å²) in [4.78, 5) is 21.2. The van der Waals surface area contributed by atoms with E-state index in [1.54, 1.807) is 12.4 Å². The van der Waals surface area contributed by atoms with E-state index in [2.05, 4.69) is 38.0 Å². The Morgan fingerprint density at radius 3 is 2.57 bits per heavy atom. The van der Waals surface area contributed by atoms with Crippen LogP contribution in [0.4, 0.5) is 0 Å². The van der Waals surface area contributed by atoms with Crippen LogP contribution in [0.2, 0.25) is 0 Å². The molecule has 1 N–H and O–H groups in total. The van der Waals surface area contributed by atoms with Crippen molar-refractivity contribution in [3.8, 4) is 0 Å². The second-order valence-electron chi connectivity index (χ2n) is 8.31. The number of nitrogens with one attached hydrogen (secondary N) is 1. The van der Waals surface area contributed by atoms with Crippen LogP contribution in [0.25, 0.3) is 11.0 Å². The first-order valence-corrected chi connectivity index (χ1v) is 9.70. The van der Waals surface area contributed by atoms with Gasteiger partial charge in [0.2, 0.25) is 5.91 Å². The van der Waals surface area contributed by atoms with Gasteiger partial charge in [0.1, 0.15) is 0 Å². The van der Waals surface area contributed by atoms with Gasteiger partial charge in [0, 0.05) is 36.4 Å². The van der Waals surface area contributed by atoms with Gasteiger partial charge in [-0.15, -0.1) is 0 Å². The number of nitrogens with zero attached hydrogens (tertiary/aromatic N) is 4. The van der Waals surface area contributed by atoms with Crippen LogP contribution in [0.1, 0.15) is 55.3 Å². The molecule has 3 aromatic heterocycles. The molecule has 3 heterocycles. The highest BCUT2D eigenvalue weighted by molar-refractivity contribution is 5.84. The Morgan fingerprint density at radius 2 is 1.93 bits per heavy atom. The lowest BCUT2D eigenvalue weighted by molar-refractivity contribution is -0.121. The van der Waals surface area contributed by atoms with E-state index in [1.807, 2.05) is 30.7 Å². The van der Waals surface area contributed by atoms with Gasteiger partial charge < -0.3 is 5.32 Å². The lowest BCUT2D eigenvalue weighted by Gasteiger charge is -2.20. The molecule has 0 aromatic carbocycles. The van der Waals surface area contributed by atoms with Gasteiger partial charge in [-0.2, -0.15) is 5.10 Å². The molecule has 3 aromatic rings. The molecule has 0 fully saturated rings. The molecule has 6 nitrogen and oxygen atoms in total. The zero-order valence-corrected chi connectivity index (χ0v) is 17.6. The van der Waals surface area contributed by atoms with Crippen molar-refractivity contribution in [2.45, 2.75) is 66.5 Å². The Kier molecular flexibility index (Phi) is 5.49. The number of fused-ring (bicyclic) bond motifs is 1. The van der Waals surface area contributed by atoms with E-state index in [9.17, 15) is 4.79 Å². The summed E-state index contributed by atoms with van der Waals surface area (Å²) in [5, 5.41) is 8.80. The van der Waals surface area contributed by atoms with Crippen LogP contribution < -0.4 is 5.32 Å². The van der Waals surface area contributed by atoms with E-state index in [1.165, 1.54) is 5.56 Å². The molecule has 1 amide bonds. The Labute approximate surface area is 166 Å². The molecular formula is C22H29N5O. The largest absolute Gasteiger partial charge is 0.352 e. The van der Waals surface area contributed by atoms with Gasteiger partial charge in [0.25, 0.3) is 0 Å². The van der Waals surface area contributed by atoms with E-state index >= 15 is 0 Å². The standard InChI is InChI=1S/C22H29N5O/c1-14-18(9-10-19(28)24-13-17-8-7-11-23-12-17)15(2)25-21-20(14)16(3)26-27(21)22(4,5)6/h7-8,11-12H,9-10,13H2,1-6H3,(H,24,28). The van der Waals surface area contributed by atoms with Gasteiger partial charge in [0.15, 0.2) is 5.65 Å². The Balaban J connectivity index is 1.78. The van der Waals surface area contributed by atoms with Crippen molar-refractivity contribution in [3.63, 3.8) is 0 Å². The third kappa shape index (κ3) is 4.06. The average molecular weight is 380 g/mol. The molecule has 0 aliphatic carbocycles. The highest BCUT2D eigenvalue weighted by Gasteiger charge is 2.23. The highest BCUT2D eigenvalue weighted by Crippen LogP contribution is 2.29. The second-order valence-corrected chi connectivity index (χ2v) is 8.31. The van der Waals surface area contributed by atoms with Gasteiger partial charge >= 0.3 is 0 Å². The molecule has 0 saturated heterocycles. The minimum atomic E-state index is -0.133. The van der Waals surface area contributed by atoms with E-state index < -0.39 is 0 Å².